The number of halogens is 1. The van der Waals surface area contributed by atoms with Crippen LogP contribution in [0.2, 0.25) is 0 Å². The predicted molar refractivity (Wildman–Crippen MR) is 197 cm³/mol. The summed E-state index contributed by atoms with van der Waals surface area (Å²) in [6.45, 7) is 4.25. The van der Waals surface area contributed by atoms with Crippen LogP contribution < -0.4 is 15.0 Å². The maximum Gasteiger partial charge on any atom is 0.338 e. The highest BCUT2D eigenvalue weighted by atomic mass is 127. The standard InChI is InChI=1S/C38H43IN4O5/c1-46-32-16-14-31(15-17-32)41-20-22-42(23-21-41)34-18-19-43(38(45)40-33(36(39)47-2)24-27-8-4-3-5-9-27)26-35(34)48-37(44)30-13-12-28-10-6-7-11-29(28)25-30/h3-17,25,33-36H,18-24,26H2,1-2H3,(H,40,45)/t33?,34-,35-,36?/m1/s1. The lowest BCUT2D eigenvalue weighted by molar-refractivity contribution is -0.0314. The quantitative estimate of drug-likeness (QED) is 0.121. The Labute approximate surface area is 296 Å². The van der Waals surface area contributed by atoms with E-state index in [4.69, 9.17) is 14.2 Å². The van der Waals surface area contributed by atoms with Crippen LogP contribution in [-0.2, 0) is 15.9 Å². The molecule has 10 heteroatoms. The van der Waals surface area contributed by atoms with Gasteiger partial charge in [0.2, 0.25) is 0 Å². The topological polar surface area (TPSA) is 83.6 Å². The van der Waals surface area contributed by atoms with Crippen LogP contribution in [-0.4, -0.2) is 97.6 Å². The Morgan fingerprint density at radius 2 is 1.56 bits per heavy atom. The number of likely N-dealkylation sites (tertiary alicyclic amines) is 1. The fraction of sp³-hybridized carbons (Fsp3) is 0.368. The highest BCUT2D eigenvalue weighted by Gasteiger charge is 2.39. The number of rotatable bonds is 10. The van der Waals surface area contributed by atoms with Gasteiger partial charge in [-0.15, -0.1) is 0 Å². The van der Waals surface area contributed by atoms with Crippen LogP contribution >= 0.6 is 22.6 Å². The van der Waals surface area contributed by atoms with Gasteiger partial charge in [-0.05, 0) is 88.2 Å². The van der Waals surface area contributed by atoms with Gasteiger partial charge in [-0.3, -0.25) is 4.90 Å². The number of nitrogens with zero attached hydrogens (tertiary/aromatic N) is 3. The van der Waals surface area contributed by atoms with E-state index in [1.807, 2.05) is 72.8 Å². The van der Waals surface area contributed by atoms with E-state index in [0.717, 1.165) is 54.0 Å². The molecule has 2 heterocycles. The first kappa shape index (κ1) is 34.0. The van der Waals surface area contributed by atoms with Crippen LogP contribution in [0.25, 0.3) is 10.8 Å². The average molecular weight is 763 g/mol. The van der Waals surface area contributed by atoms with Crippen molar-refractivity contribution < 1.29 is 23.8 Å². The maximum absolute atomic E-state index is 13.8. The summed E-state index contributed by atoms with van der Waals surface area (Å²) in [5.41, 5.74) is 2.79. The number of alkyl halides is 1. The third-order valence-corrected chi connectivity index (χ3v) is 10.8. The summed E-state index contributed by atoms with van der Waals surface area (Å²) in [6.07, 6.45) is 0.859. The molecule has 0 bridgehead atoms. The van der Waals surface area contributed by atoms with Gasteiger partial charge in [-0.1, -0.05) is 60.7 Å². The molecule has 0 aromatic heterocycles. The minimum absolute atomic E-state index is 0.00658. The number of esters is 1. The van der Waals surface area contributed by atoms with E-state index in [1.165, 1.54) is 0 Å². The number of ether oxygens (including phenoxy) is 3. The molecule has 2 aliphatic rings. The first-order chi connectivity index (χ1) is 23.4. The van der Waals surface area contributed by atoms with Crippen molar-refractivity contribution in [1.82, 2.24) is 15.1 Å². The van der Waals surface area contributed by atoms with Crippen LogP contribution in [0.15, 0.2) is 97.1 Å². The summed E-state index contributed by atoms with van der Waals surface area (Å²) in [5, 5.41) is 5.27. The highest BCUT2D eigenvalue weighted by Crippen LogP contribution is 2.26. The van der Waals surface area contributed by atoms with Gasteiger partial charge in [-0.2, -0.15) is 0 Å². The lowest BCUT2D eigenvalue weighted by Gasteiger charge is -2.46. The molecule has 2 fully saturated rings. The van der Waals surface area contributed by atoms with Crippen LogP contribution in [0.5, 0.6) is 5.75 Å². The summed E-state index contributed by atoms with van der Waals surface area (Å²) in [7, 11) is 3.33. The zero-order valence-electron chi connectivity index (χ0n) is 27.5. The lowest BCUT2D eigenvalue weighted by Crippen LogP contribution is -2.62. The normalized spacial score (nSPS) is 19.8. The minimum atomic E-state index is -0.485. The summed E-state index contributed by atoms with van der Waals surface area (Å²) in [5.74, 6) is 0.468. The zero-order valence-corrected chi connectivity index (χ0v) is 29.6. The lowest BCUT2D eigenvalue weighted by atomic mass is 9.98. The minimum Gasteiger partial charge on any atom is -0.497 e. The van der Waals surface area contributed by atoms with Gasteiger partial charge in [0.05, 0.1) is 31.3 Å². The number of fused-ring (bicyclic) bond motifs is 1. The second-order valence-electron chi connectivity index (χ2n) is 12.4. The van der Waals surface area contributed by atoms with Crippen LogP contribution in [0.4, 0.5) is 10.5 Å². The molecule has 6 rings (SSSR count). The van der Waals surface area contributed by atoms with Gasteiger partial charge in [0.1, 0.15) is 16.0 Å². The number of nitrogens with one attached hydrogen (secondary N) is 1. The molecule has 1 N–H and O–H groups in total. The molecule has 252 valence electrons. The number of benzene rings is 4. The Morgan fingerprint density at radius 1 is 0.854 bits per heavy atom. The van der Waals surface area contributed by atoms with Crippen molar-refractivity contribution in [2.45, 2.75) is 35.1 Å². The summed E-state index contributed by atoms with van der Waals surface area (Å²) in [4.78, 5) is 34.0. The Bertz CT molecular complexity index is 1670. The third-order valence-electron chi connectivity index (χ3n) is 9.42. The van der Waals surface area contributed by atoms with Gasteiger partial charge in [0.25, 0.3) is 0 Å². The number of hydrogen-bond donors (Lipinski definition) is 1. The number of hydrogen-bond acceptors (Lipinski definition) is 7. The fourth-order valence-corrected chi connectivity index (χ4v) is 7.17. The van der Waals surface area contributed by atoms with E-state index < -0.39 is 6.10 Å². The molecule has 4 atom stereocenters. The summed E-state index contributed by atoms with van der Waals surface area (Å²) < 4.78 is 17.1. The molecule has 0 saturated carbocycles. The second kappa shape index (κ2) is 16.0. The SMILES string of the molecule is COc1ccc(N2CCN([C@@H]3CCN(C(=O)NC(Cc4ccccc4)C(I)OC)C[C@H]3OC(=O)c3ccc4ccccc4c3)CC2)cc1. The molecule has 4 aromatic rings. The van der Waals surface area contributed by atoms with Crippen LogP contribution in [0.3, 0.4) is 0 Å². The molecule has 0 spiro atoms. The summed E-state index contributed by atoms with van der Waals surface area (Å²) in [6, 6.07) is 31.5. The van der Waals surface area contributed by atoms with E-state index in [0.29, 0.717) is 31.5 Å². The van der Waals surface area contributed by atoms with Crippen LogP contribution in [0.1, 0.15) is 22.3 Å². The smallest absolute Gasteiger partial charge is 0.338 e. The number of urea groups is 1. The molecule has 4 aromatic carbocycles. The number of piperidine rings is 1. The summed E-state index contributed by atoms with van der Waals surface area (Å²) >= 11 is 2.23. The van der Waals surface area contributed by atoms with E-state index >= 15 is 0 Å². The zero-order chi connectivity index (χ0) is 33.5. The van der Waals surface area contributed by atoms with E-state index in [2.05, 4.69) is 62.0 Å². The number of carbonyl (C=O) groups is 2. The number of amides is 2. The number of piperazine rings is 1. The molecule has 2 unspecified atom stereocenters. The fourth-order valence-electron chi connectivity index (χ4n) is 6.74. The molecule has 2 aliphatic heterocycles. The number of methoxy groups -OCH3 is 2. The van der Waals surface area contributed by atoms with Crippen molar-refractivity contribution in [3.05, 3.63) is 108 Å². The molecule has 2 saturated heterocycles. The van der Waals surface area contributed by atoms with Gasteiger partial charge in [-0.25, -0.2) is 9.59 Å². The molecule has 9 nitrogen and oxygen atoms in total. The highest BCUT2D eigenvalue weighted by molar-refractivity contribution is 14.1. The van der Waals surface area contributed by atoms with Crippen molar-refractivity contribution in [3.63, 3.8) is 0 Å². The van der Waals surface area contributed by atoms with Crippen molar-refractivity contribution in [2.75, 3.05) is 58.4 Å². The second-order valence-corrected chi connectivity index (χ2v) is 13.6. The first-order valence-electron chi connectivity index (χ1n) is 16.5. The largest absolute Gasteiger partial charge is 0.497 e. The van der Waals surface area contributed by atoms with Gasteiger partial charge >= 0.3 is 12.0 Å². The Balaban J connectivity index is 1.17. The number of carbonyl (C=O) groups excluding carboxylic acids is 2. The first-order valence-corrected chi connectivity index (χ1v) is 17.8. The Kier molecular flexibility index (Phi) is 11.3. The molecular weight excluding hydrogens is 719 g/mol. The van der Waals surface area contributed by atoms with Gasteiger partial charge in [0.15, 0.2) is 0 Å². The average Bonchev–Trinajstić information content (AvgIpc) is 3.14. The Morgan fingerprint density at radius 3 is 2.27 bits per heavy atom. The molecular formula is C38H43IN4O5. The monoisotopic (exact) mass is 762 g/mol. The van der Waals surface area contributed by atoms with Crippen LogP contribution in [0, 0.1) is 0 Å². The van der Waals surface area contributed by atoms with Crippen molar-refractivity contribution in [3.8, 4) is 5.75 Å². The molecule has 0 aliphatic carbocycles. The third kappa shape index (κ3) is 8.22. The van der Waals surface area contributed by atoms with Gasteiger partial charge < -0.3 is 29.3 Å². The van der Waals surface area contributed by atoms with E-state index in [9.17, 15) is 9.59 Å². The molecule has 0 radical (unpaired) electrons. The predicted octanol–water partition coefficient (Wildman–Crippen LogP) is 6.00. The van der Waals surface area contributed by atoms with E-state index in [-0.39, 0.29) is 28.2 Å². The molecule has 2 amide bonds. The Hall–Kier alpha value is -3.87. The van der Waals surface area contributed by atoms with Crippen molar-refractivity contribution in [1.29, 1.82) is 0 Å². The van der Waals surface area contributed by atoms with Gasteiger partial charge in [0, 0.05) is 45.5 Å². The van der Waals surface area contributed by atoms with Crippen molar-refractivity contribution >= 4 is 51.1 Å². The van der Waals surface area contributed by atoms with E-state index in [1.54, 1.807) is 19.1 Å². The van der Waals surface area contributed by atoms with Crippen molar-refractivity contribution in [2.24, 2.45) is 0 Å². The maximum atomic E-state index is 13.8. The molecule has 48 heavy (non-hydrogen) atoms. The number of anilines is 1.